The molecule has 0 saturated carbocycles. The van der Waals surface area contributed by atoms with Crippen LogP contribution in [0.3, 0.4) is 0 Å². The molecule has 0 aliphatic carbocycles. The van der Waals surface area contributed by atoms with Crippen LogP contribution < -0.4 is 0 Å². The minimum Gasteiger partial charge on any atom is -0.462 e. The molecule has 2 aromatic heterocycles. The molecule has 0 saturated heterocycles. The van der Waals surface area contributed by atoms with Gasteiger partial charge in [0.2, 0.25) is 7.59 Å². The zero-order chi connectivity index (χ0) is 18.0. The van der Waals surface area contributed by atoms with Crippen LogP contribution >= 0.6 is 69.6 Å². The van der Waals surface area contributed by atoms with Crippen molar-refractivity contribution in [3.8, 4) is 0 Å². The van der Waals surface area contributed by atoms with Crippen molar-refractivity contribution in [2.45, 2.75) is 27.4 Å². The second-order valence-electron chi connectivity index (χ2n) is 4.72. The smallest absolute Gasteiger partial charge is 0.250 e. The van der Waals surface area contributed by atoms with Crippen molar-refractivity contribution in [2.24, 2.45) is 0 Å². The molecule has 0 aromatic carbocycles. The Hall–Kier alpha value is -0.230. The summed E-state index contributed by atoms with van der Waals surface area (Å²) in [5.41, 5.74) is 0. The van der Waals surface area contributed by atoms with Gasteiger partial charge in [-0.05, 0) is 30.7 Å². The van der Waals surface area contributed by atoms with E-state index in [9.17, 15) is 0 Å². The van der Waals surface area contributed by atoms with Crippen molar-refractivity contribution in [3.05, 3.63) is 41.1 Å². The molecule has 0 aliphatic rings. The van der Waals surface area contributed by atoms with E-state index in [1.807, 2.05) is 12.1 Å². The zero-order valence-electron chi connectivity index (χ0n) is 12.2. The standard InChI is InChI=1S/C14H11Cl6N3O/c1-2-3-8-4-5-9(24-8)6-7-10-21-11(13(15,16)17)23-12(22-10)14(18,19)20/h4-7H,2-3H2,1H3/b7-6+. The fourth-order valence-corrected chi connectivity index (χ4v) is 2.25. The predicted octanol–water partition coefficient (Wildman–Crippen LogP) is 6.24. The van der Waals surface area contributed by atoms with Crippen LogP contribution in [0.25, 0.3) is 12.2 Å². The summed E-state index contributed by atoms with van der Waals surface area (Å²) in [5, 5.41) is 0. The largest absolute Gasteiger partial charge is 0.462 e. The number of halogens is 6. The van der Waals surface area contributed by atoms with Crippen LogP contribution in [0.2, 0.25) is 0 Å². The average Bonchev–Trinajstić information content (AvgIpc) is 2.91. The van der Waals surface area contributed by atoms with Gasteiger partial charge in [-0.1, -0.05) is 76.5 Å². The molecule has 0 amide bonds. The number of hydrogen-bond acceptors (Lipinski definition) is 4. The van der Waals surface area contributed by atoms with Crippen LogP contribution in [0.1, 0.15) is 42.3 Å². The highest BCUT2D eigenvalue weighted by atomic mass is 35.6. The van der Waals surface area contributed by atoms with Crippen molar-refractivity contribution in [3.63, 3.8) is 0 Å². The van der Waals surface area contributed by atoms with E-state index in [0.717, 1.165) is 18.6 Å². The Kier molecular flexibility index (Phi) is 6.68. The molecular weight excluding hydrogens is 439 g/mol. The number of furan rings is 1. The highest BCUT2D eigenvalue weighted by Gasteiger charge is 2.33. The first-order valence-corrected chi connectivity index (χ1v) is 9.03. The monoisotopic (exact) mass is 447 g/mol. The van der Waals surface area contributed by atoms with Gasteiger partial charge >= 0.3 is 0 Å². The summed E-state index contributed by atoms with van der Waals surface area (Å²) in [7, 11) is 0. The van der Waals surface area contributed by atoms with Crippen LogP contribution in [-0.2, 0) is 14.0 Å². The lowest BCUT2D eigenvalue weighted by molar-refractivity contribution is 0.498. The van der Waals surface area contributed by atoms with Crippen molar-refractivity contribution in [1.82, 2.24) is 15.0 Å². The minimum atomic E-state index is -1.88. The van der Waals surface area contributed by atoms with Gasteiger partial charge < -0.3 is 4.42 Å². The lowest BCUT2D eigenvalue weighted by Gasteiger charge is -2.14. The Bertz CT molecular complexity index is 701. The molecule has 24 heavy (non-hydrogen) atoms. The topological polar surface area (TPSA) is 51.8 Å². The van der Waals surface area contributed by atoms with E-state index in [2.05, 4.69) is 21.9 Å². The van der Waals surface area contributed by atoms with Gasteiger partial charge in [0.05, 0.1) is 0 Å². The summed E-state index contributed by atoms with van der Waals surface area (Å²) in [4.78, 5) is 12.0. The number of alkyl halides is 6. The Morgan fingerprint density at radius 1 is 0.917 bits per heavy atom. The normalized spacial score (nSPS) is 13.0. The maximum absolute atomic E-state index is 5.81. The Morgan fingerprint density at radius 2 is 1.50 bits per heavy atom. The molecule has 0 N–H and O–H groups in total. The molecule has 2 heterocycles. The molecule has 0 fully saturated rings. The highest BCUT2D eigenvalue weighted by Crippen LogP contribution is 2.39. The third-order valence-corrected chi connectivity index (χ3v) is 3.75. The molecule has 2 rings (SSSR count). The summed E-state index contributed by atoms with van der Waals surface area (Å²) in [5.74, 6) is 1.40. The molecule has 0 unspecified atom stereocenters. The van der Waals surface area contributed by atoms with E-state index < -0.39 is 7.59 Å². The lowest BCUT2D eigenvalue weighted by Crippen LogP contribution is -2.16. The third kappa shape index (κ3) is 5.65. The van der Waals surface area contributed by atoms with Gasteiger partial charge in [-0.2, -0.15) is 0 Å². The quantitative estimate of drug-likeness (QED) is 0.518. The number of hydrogen-bond donors (Lipinski definition) is 0. The molecule has 10 heteroatoms. The van der Waals surface area contributed by atoms with Crippen LogP contribution in [-0.4, -0.2) is 15.0 Å². The van der Waals surface area contributed by atoms with Gasteiger partial charge in [0.1, 0.15) is 11.5 Å². The molecule has 0 radical (unpaired) electrons. The number of rotatable bonds is 4. The van der Waals surface area contributed by atoms with E-state index in [0.29, 0.717) is 5.76 Å². The summed E-state index contributed by atoms with van der Waals surface area (Å²) >= 11 is 34.9. The van der Waals surface area contributed by atoms with E-state index in [4.69, 9.17) is 74.0 Å². The van der Waals surface area contributed by atoms with Crippen LogP contribution in [0.15, 0.2) is 16.5 Å². The number of aryl methyl sites for hydroxylation is 1. The Balaban J connectivity index is 2.36. The molecule has 4 nitrogen and oxygen atoms in total. The van der Waals surface area contributed by atoms with E-state index in [-0.39, 0.29) is 17.5 Å². The molecule has 0 bridgehead atoms. The van der Waals surface area contributed by atoms with Crippen LogP contribution in [0, 0.1) is 0 Å². The van der Waals surface area contributed by atoms with E-state index in [1.165, 1.54) is 0 Å². The van der Waals surface area contributed by atoms with Crippen molar-refractivity contribution < 1.29 is 4.42 Å². The first-order chi connectivity index (χ1) is 11.1. The molecular formula is C14H11Cl6N3O. The van der Waals surface area contributed by atoms with Crippen molar-refractivity contribution in [2.75, 3.05) is 0 Å². The van der Waals surface area contributed by atoms with Crippen LogP contribution in [0.4, 0.5) is 0 Å². The Morgan fingerprint density at radius 3 is 2.00 bits per heavy atom. The SMILES string of the molecule is CCCc1ccc(/C=C/c2nc(C(Cl)(Cl)Cl)nc(C(Cl)(Cl)Cl)n2)o1. The predicted molar refractivity (Wildman–Crippen MR) is 99.9 cm³/mol. The Labute approximate surface area is 169 Å². The van der Waals surface area contributed by atoms with E-state index >= 15 is 0 Å². The van der Waals surface area contributed by atoms with Gasteiger partial charge in [-0.3, -0.25) is 0 Å². The van der Waals surface area contributed by atoms with Gasteiger partial charge in [-0.25, -0.2) is 15.0 Å². The van der Waals surface area contributed by atoms with Crippen molar-refractivity contribution in [1.29, 1.82) is 0 Å². The molecule has 0 atom stereocenters. The fraction of sp³-hybridized carbons (Fsp3) is 0.357. The number of aromatic nitrogens is 3. The average molecular weight is 450 g/mol. The molecule has 2 aromatic rings. The molecule has 130 valence electrons. The number of nitrogens with zero attached hydrogens (tertiary/aromatic N) is 3. The first-order valence-electron chi connectivity index (χ1n) is 6.77. The van der Waals surface area contributed by atoms with Gasteiger partial charge in [0, 0.05) is 6.42 Å². The molecule has 0 aliphatic heterocycles. The van der Waals surface area contributed by atoms with Gasteiger partial charge in [-0.15, -0.1) is 0 Å². The second kappa shape index (κ2) is 7.98. The maximum Gasteiger partial charge on any atom is 0.250 e. The summed E-state index contributed by atoms with van der Waals surface area (Å²) in [6.45, 7) is 2.07. The fourth-order valence-electron chi connectivity index (χ4n) is 1.74. The first kappa shape index (κ1) is 20.1. The van der Waals surface area contributed by atoms with Gasteiger partial charge in [0.25, 0.3) is 0 Å². The lowest BCUT2D eigenvalue weighted by atomic mass is 10.3. The summed E-state index contributed by atoms with van der Waals surface area (Å²) in [6, 6.07) is 3.73. The second-order valence-corrected chi connectivity index (χ2v) is 9.29. The molecule has 0 spiro atoms. The third-order valence-electron chi connectivity index (χ3n) is 2.74. The van der Waals surface area contributed by atoms with Crippen molar-refractivity contribution >= 4 is 81.8 Å². The highest BCUT2D eigenvalue weighted by molar-refractivity contribution is 6.67. The maximum atomic E-state index is 5.81. The van der Waals surface area contributed by atoms with Crippen LogP contribution in [0.5, 0.6) is 0 Å². The zero-order valence-corrected chi connectivity index (χ0v) is 16.8. The summed E-state index contributed by atoms with van der Waals surface area (Å²) in [6.07, 6.45) is 5.06. The van der Waals surface area contributed by atoms with Gasteiger partial charge in [0.15, 0.2) is 17.5 Å². The van der Waals surface area contributed by atoms with E-state index in [1.54, 1.807) is 12.2 Å². The summed E-state index contributed by atoms with van der Waals surface area (Å²) < 4.78 is 1.87. The minimum absolute atomic E-state index is 0.144.